The van der Waals surface area contributed by atoms with Gasteiger partial charge in [0.1, 0.15) is 30.2 Å². The first kappa shape index (κ1) is 92.8. The minimum Gasteiger partial charge on any atom is -0.481 e. The maximum atomic E-state index is 13.9. The predicted molar refractivity (Wildman–Crippen MR) is 466 cm³/mol. The Morgan fingerprint density at radius 3 is 0.832 bits per heavy atom. The maximum Gasteiger partial charge on any atom is 0.432 e. The van der Waals surface area contributed by atoms with Gasteiger partial charge in [-0.3, -0.25) is 56.4 Å². The van der Waals surface area contributed by atoms with E-state index in [2.05, 4.69) is 0 Å². The Bertz CT molecular complexity index is 6770. The lowest BCUT2D eigenvalue weighted by atomic mass is 10.1. The summed E-state index contributed by atoms with van der Waals surface area (Å²) in [5, 5.41) is 23.2. The summed E-state index contributed by atoms with van der Waals surface area (Å²) in [4.78, 5) is 120. The molecule has 0 aliphatic rings. The predicted octanol–water partition coefficient (Wildman–Crippen LogP) is 23.5. The third kappa shape index (κ3) is 20.3. The summed E-state index contributed by atoms with van der Waals surface area (Å²) in [6, 6.07) is 56.3. The van der Waals surface area contributed by atoms with Gasteiger partial charge in [-0.25, -0.2) is 8.78 Å². The van der Waals surface area contributed by atoms with E-state index in [9.17, 15) is 88.2 Å². The molecule has 2 N–H and O–H groups in total. The van der Waals surface area contributed by atoms with Gasteiger partial charge in [0.2, 0.25) is 0 Å². The van der Waals surface area contributed by atoms with E-state index >= 15 is 0 Å². The van der Waals surface area contributed by atoms with Crippen LogP contribution in [-0.4, -0.2) is 93.4 Å². The van der Waals surface area contributed by atoms with Crippen LogP contribution >= 0.6 is 58.0 Å². The van der Waals surface area contributed by atoms with E-state index in [0.717, 1.165) is 60.7 Å². The van der Waals surface area contributed by atoms with Crippen molar-refractivity contribution in [2.75, 3.05) is 0 Å². The van der Waals surface area contributed by atoms with Gasteiger partial charge < -0.3 is 24.6 Å². The number of nitrogens with zero attached hydrogens (tertiary/aromatic N) is 5. The van der Waals surface area contributed by atoms with Gasteiger partial charge >= 0.3 is 24.3 Å². The van der Waals surface area contributed by atoms with Gasteiger partial charge in [-0.05, 0) is 253 Å². The molecule has 0 spiro atoms. The van der Waals surface area contributed by atoms with E-state index in [-0.39, 0.29) is 74.3 Å². The molecule has 15 rings (SSSR count). The second kappa shape index (κ2) is 38.9. The topological polar surface area (TPSA) is 236 Å². The largest absolute Gasteiger partial charge is 0.481 e. The molecule has 0 atom stereocenters. The van der Waals surface area contributed by atoms with Crippen LogP contribution in [0.15, 0.2) is 212 Å². The number of carbonyl (C=O) groups excluding carboxylic acids is 8. The van der Waals surface area contributed by atoms with Crippen LogP contribution in [0.2, 0.25) is 25.1 Å². The summed E-state index contributed by atoms with van der Waals surface area (Å²) < 4.78 is 116. The Labute approximate surface area is 733 Å². The zero-order valence-electron chi connectivity index (χ0n) is 67.2. The SMILES string of the molecule is Cc1ccc2c(c1)c(CC(=O)O)c(C(F)(F)F)n2C(=O)c1ccc(Cl)cc1.Cc1ccc2c(c1)c(CC(=O)O)c(C)n2C(=O)c1ccc(Cl)cc1.Cc1ccc2c(c1)c(CC=O)c(C(F)(F)F)n2C(=O)c1ccc(Cl)cc1.Cc1ccc2c(c1)c(CC=O)c(C(F)F)n2C(=O)c1ccc(Cl)cc1.Cc1ccc2c(c1)c(CC=O)c(C)n2C(=O)c1ccc(Cl)cc1. The van der Waals surface area contributed by atoms with Gasteiger partial charge in [0.25, 0.3) is 36.0 Å². The van der Waals surface area contributed by atoms with Crippen LogP contribution in [0.25, 0.3) is 54.5 Å². The highest BCUT2D eigenvalue weighted by atomic mass is 35.5. The minimum absolute atomic E-state index is 0.00382. The van der Waals surface area contributed by atoms with Crippen LogP contribution in [0.5, 0.6) is 0 Å². The molecule has 10 aromatic carbocycles. The van der Waals surface area contributed by atoms with E-state index in [1.165, 1.54) is 91.0 Å². The van der Waals surface area contributed by atoms with Crippen LogP contribution in [0.3, 0.4) is 0 Å². The molecule has 17 nitrogen and oxygen atoms in total. The molecule has 30 heteroatoms. The van der Waals surface area contributed by atoms with Crippen LogP contribution in [0, 0.1) is 48.5 Å². The lowest BCUT2D eigenvalue weighted by Crippen LogP contribution is -2.22. The lowest BCUT2D eigenvalue weighted by Gasteiger charge is -2.13. The van der Waals surface area contributed by atoms with Crippen molar-refractivity contribution in [1.82, 2.24) is 22.8 Å². The highest BCUT2D eigenvalue weighted by Gasteiger charge is 2.43. The highest BCUT2D eigenvalue weighted by Crippen LogP contribution is 2.43. The van der Waals surface area contributed by atoms with E-state index in [4.69, 9.17) is 63.1 Å². The van der Waals surface area contributed by atoms with Crippen molar-refractivity contribution >= 4 is 173 Å². The van der Waals surface area contributed by atoms with Crippen molar-refractivity contribution in [3.05, 3.63) is 349 Å². The molecule has 640 valence electrons. The van der Waals surface area contributed by atoms with Gasteiger partial charge in [0.05, 0.1) is 46.1 Å². The Kier molecular flexibility index (Phi) is 28.9. The molecule has 0 radical (unpaired) electrons. The van der Waals surface area contributed by atoms with Crippen LogP contribution in [-0.2, 0) is 68.4 Å². The number of carboxylic acids is 2. The van der Waals surface area contributed by atoms with E-state index in [1.54, 1.807) is 115 Å². The molecule has 0 fully saturated rings. The number of aryl methyl sites for hydroxylation is 5. The first-order valence-electron chi connectivity index (χ1n) is 38.0. The average molecular weight is 1800 g/mol. The Morgan fingerprint density at radius 1 is 0.312 bits per heavy atom. The van der Waals surface area contributed by atoms with E-state index in [1.807, 2.05) is 64.1 Å². The van der Waals surface area contributed by atoms with E-state index < -0.39 is 83.9 Å². The number of aldehydes is 3. The minimum atomic E-state index is -4.92. The van der Waals surface area contributed by atoms with Gasteiger partial charge in [-0.1, -0.05) is 116 Å². The van der Waals surface area contributed by atoms with Crippen LogP contribution < -0.4 is 0 Å². The Morgan fingerprint density at radius 2 is 0.536 bits per heavy atom. The van der Waals surface area contributed by atoms with Crippen LogP contribution in [0.1, 0.15) is 142 Å². The zero-order valence-corrected chi connectivity index (χ0v) is 71.0. The fraction of sp³-hybridized carbons (Fsp3) is 0.158. The number of rotatable bonds is 16. The molecule has 15 aromatic rings. The molecular weight excluding hydrogens is 1730 g/mol. The molecule has 0 bridgehead atoms. The van der Waals surface area contributed by atoms with Crippen molar-refractivity contribution in [3.63, 3.8) is 0 Å². The highest BCUT2D eigenvalue weighted by molar-refractivity contribution is 6.32. The summed E-state index contributed by atoms with van der Waals surface area (Å²) in [6.45, 7) is 12.8. The second-order valence-corrected chi connectivity index (χ2v) is 31.2. The summed E-state index contributed by atoms with van der Waals surface area (Å²) in [5.74, 6) is -4.99. The summed E-state index contributed by atoms with van der Waals surface area (Å²) in [6.07, 6.45) is -12.0. The molecule has 0 amide bonds. The quantitative estimate of drug-likeness (QED) is 0.0679. The molecule has 0 unspecified atom stereocenters. The molecule has 5 aromatic heterocycles. The van der Waals surface area contributed by atoms with Crippen LogP contribution in [0.4, 0.5) is 35.1 Å². The average Bonchev–Trinajstić information content (AvgIpc) is 1.63. The number of carbonyl (C=O) groups is 10. The number of fused-ring (bicyclic) bond motifs is 5. The lowest BCUT2D eigenvalue weighted by molar-refractivity contribution is -0.144. The van der Waals surface area contributed by atoms with Crippen molar-refractivity contribution < 1.29 is 93.3 Å². The smallest absolute Gasteiger partial charge is 0.432 e. The Balaban J connectivity index is 0.000000152. The number of benzene rings is 10. The fourth-order valence-corrected chi connectivity index (χ4v) is 15.5. The fourth-order valence-electron chi connectivity index (χ4n) is 14.9. The number of alkyl halides is 8. The van der Waals surface area contributed by atoms with Gasteiger partial charge in [-0.15, -0.1) is 0 Å². The summed E-state index contributed by atoms with van der Waals surface area (Å²) in [5.41, 5.74) is 7.49. The molecule has 0 saturated heterocycles. The Hall–Kier alpha value is -12.9. The summed E-state index contributed by atoms with van der Waals surface area (Å²) >= 11 is 29.2. The standard InChI is InChI=1S/C19H13ClF3NO3.C19H13ClF3NO2.C19H14ClF2NO2.C19H16ClNO3.C19H16ClNO2/c1-10-2-7-15-13(8-10)14(9-16(25)26)17(19(21,22)23)24(15)18(27)11-3-5-12(20)6-4-11;1-11-2-7-16-15(10-11)14(8-9-25)17(19(21,22)23)24(16)18(26)12-3-5-13(20)6-4-12;1-11-2-7-16-15(10-11)14(8-9-24)17(18(21)22)23(16)19(25)12-3-5-13(20)6-4-12;1-11-3-8-17-16(9-11)15(10-18(22)23)12(2)21(17)19(24)13-4-6-14(20)7-5-13;1-12-3-8-18-17(11-12)16(9-10-22)13(2)21(18)19(23)14-4-6-15(20)7-5-14/h2-8H,9H2,1H3,(H,25,26);2-7,9-10H,8H2,1H3;2-7,9-10,18H,8H2,1H3;3-9H,10H2,1-2H3,(H,22,23);3-8,10-11H,9H2,1-2H3. The van der Waals surface area contributed by atoms with Crippen molar-refractivity contribution in [2.24, 2.45) is 0 Å². The molecular formula is C95H72Cl5F8N5O12. The maximum absolute atomic E-state index is 13.9. The number of halogens is 13. The first-order valence-corrected chi connectivity index (χ1v) is 39.9. The van der Waals surface area contributed by atoms with Crippen molar-refractivity contribution in [2.45, 2.75) is 99.3 Å². The third-order valence-corrected chi connectivity index (χ3v) is 21.7. The number of aliphatic carboxylic acids is 2. The van der Waals surface area contributed by atoms with E-state index in [0.29, 0.717) is 97.6 Å². The summed E-state index contributed by atoms with van der Waals surface area (Å²) in [7, 11) is 0. The molecule has 5 heterocycles. The molecule has 125 heavy (non-hydrogen) atoms. The normalized spacial score (nSPS) is 11.3. The number of carboxylic acid groups (broad SMARTS) is 2. The van der Waals surface area contributed by atoms with Crippen molar-refractivity contribution in [1.29, 1.82) is 0 Å². The number of hydrogen-bond acceptors (Lipinski definition) is 10. The van der Waals surface area contributed by atoms with Gasteiger partial charge in [-0.2, -0.15) is 26.3 Å². The molecule has 0 aliphatic carbocycles. The first-order chi connectivity index (χ1) is 59.2. The third-order valence-electron chi connectivity index (χ3n) is 20.4. The van der Waals surface area contributed by atoms with Crippen molar-refractivity contribution in [3.8, 4) is 0 Å². The molecule has 0 saturated carbocycles. The zero-order chi connectivity index (χ0) is 91.1. The number of hydrogen-bond donors (Lipinski definition) is 2. The molecule has 0 aliphatic heterocycles. The number of aromatic nitrogens is 5. The second-order valence-electron chi connectivity index (χ2n) is 29.0. The van der Waals surface area contributed by atoms with Gasteiger partial charge in [0, 0.05) is 116 Å². The monoisotopic (exact) mass is 1800 g/mol. The van der Waals surface area contributed by atoms with Gasteiger partial charge in [0.15, 0.2) is 0 Å².